The maximum atomic E-state index is 13.5. The monoisotopic (exact) mass is 491 g/mol. The standard InChI is InChI=1S/C18H23INO5P/c1-4-24-26(23,25-5-2)18(15-8-7-14(21)11-17(15)22)20-16-9-6-13(19)10-12(16)3/h6-11,18,20-22H,4-5H2,1-3H3. The van der Waals surface area contributed by atoms with Crippen molar-refractivity contribution < 1.29 is 23.8 Å². The van der Waals surface area contributed by atoms with Crippen LogP contribution in [0, 0.1) is 10.5 Å². The largest absolute Gasteiger partial charge is 0.508 e. The highest BCUT2D eigenvalue weighted by molar-refractivity contribution is 14.1. The summed E-state index contributed by atoms with van der Waals surface area (Å²) in [5, 5.41) is 23.1. The van der Waals surface area contributed by atoms with Gasteiger partial charge in [0.05, 0.1) is 13.2 Å². The van der Waals surface area contributed by atoms with Crippen LogP contribution in [0.2, 0.25) is 0 Å². The molecule has 2 aromatic carbocycles. The van der Waals surface area contributed by atoms with Crippen molar-refractivity contribution in [3.05, 3.63) is 51.1 Å². The lowest BCUT2D eigenvalue weighted by molar-refractivity contribution is 0.213. The van der Waals surface area contributed by atoms with E-state index in [0.717, 1.165) is 14.8 Å². The molecule has 0 aromatic heterocycles. The van der Waals surface area contributed by atoms with E-state index in [1.165, 1.54) is 18.2 Å². The summed E-state index contributed by atoms with van der Waals surface area (Å²) in [4.78, 5) is 0. The van der Waals surface area contributed by atoms with Crippen LogP contribution in [0.5, 0.6) is 11.5 Å². The molecular formula is C18H23INO5P. The van der Waals surface area contributed by atoms with Gasteiger partial charge in [0.25, 0.3) is 0 Å². The average molecular weight is 491 g/mol. The Morgan fingerprint density at radius 1 is 1.12 bits per heavy atom. The van der Waals surface area contributed by atoms with E-state index < -0.39 is 13.4 Å². The second kappa shape index (κ2) is 9.08. The van der Waals surface area contributed by atoms with Crippen LogP contribution in [0.15, 0.2) is 36.4 Å². The molecular weight excluding hydrogens is 468 g/mol. The smallest absolute Gasteiger partial charge is 0.357 e. The van der Waals surface area contributed by atoms with Gasteiger partial charge in [0.15, 0.2) is 5.78 Å². The fourth-order valence-electron chi connectivity index (χ4n) is 2.57. The number of nitrogens with one attached hydrogen (secondary N) is 1. The molecule has 0 aliphatic rings. The Hall–Kier alpha value is -1.28. The maximum Gasteiger partial charge on any atom is 0.357 e. The number of benzene rings is 2. The van der Waals surface area contributed by atoms with Crippen molar-refractivity contribution in [3.63, 3.8) is 0 Å². The topological polar surface area (TPSA) is 88.0 Å². The van der Waals surface area contributed by atoms with Gasteiger partial charge >= 0.3 is 7.60 Å². The first-order valence-corrected chi connectivity index (χ1v) is 10.9. The second-order valence-corrected chi connectivity index (χ2v) is 8.98. The molecule has 0 amide bonds. The van der Waals surface area contributed by atoms with E-state index in [4.69, 9.17) is 9.05 Å². The summed E-state index contributed by atoms with van der Waals surface area (Å²) in [5.41, 5.74) is 2.04. The van der Waals surface area contributed by atoms with Gasteiger partial charge in [0, 0.05) is 20.9 Å². The minimum atomic E-state index is -3.65. The Balaban J connectivity index is 2.55. The van der Waals surface area contributed by atoms with E-state index in [2.05, 4.69) is 27.9 Å². The van der Waals surface area contributed by atoms with Crippen molar-refractivity contribution >= 4 is 35.9 Å². The highest BCUT2D eigenvalue weighted by Gasteiger charge is 2.39. The molecule has 26 heavy (non-hydrogen) atoms. The molecule has 0 spiro atoms. The molecule has 6 nitrogen and oxygen atoms in total. The zero-order valence-corrected chi connectivity index (χ0v) is 18.0. The van der Waals surface area contributed by atoms with Crippen molar-refractivity contribution in [1.82, 2.24) is 0 Å². The van der Waals surface area contributed by atoms with Gasteiger partial charge in [-0.15, -0.1) is 0 Å². The lowest BCUT2D eigenvalue weighted by Crippen LogP contribution is -2.16. The van der Waals surface area contributed by atoms with Crippen LogP contribution in [-0.2, 0) is 13.6 Å². The predicted molar refractivity (Wildman–Crippen MR) is 111 cm³/mol. The van der Waals surface area contributed by atoms with Gasteiger partial charge in [0.1, 0.15) is 11.5 Å². The maximum absolute atomic E-state index is 13.5. The van der Waals surface area contributed by atoms with Crippen LogP contribution in [0.25, 0.3) is 0 Å². The number of aryl methyl sites for hydroxylation is 1. The van der Waals surface area contributed by atoms with Gasteiger partial charge in [-0.3, -0.25) is 4.57 Å². The third-order valence-electron chi connectivity index (χ3n) is 3.72. The van der Waals surface area contributed by atoms with Crippen LogP contribution in [-0.4, -0.2) is 23.4 Å². The summed E-state index contributed by atoms with van der Waals surface area (Å²) < 4.78 is 25.5. The number of anilines is 1. The number of phenols is 2. The van der Waals surface area contributed by atoms with E-state index >= 15 is 0 Å². The van der Waals surface area contributed by atoms with Gasteiger partial charge in [0.2, 0.25) is 0 Å². The first-order chi connectivity index (χ1) is 12.3. The van der Waals surface area contributed by atoms with E-state index in [0.29, 0.717) is 5.56 Å². The quantitative estimate of drug-likeness (QED) is 0.339. The summed E-state index contributed by atoms with van der Waals surface area (Å²) in [5.74, 6) is -1.20. The van der Waals surface area contributed by atoms with Gasteiger partial charge < -0.3 is 24.6 Å². The lowest BCUT2D eigenvalue weighted by atomic mass is 10.1. The molecule has 1 atom stereocenters. The van der Waals surface area contributed by atoms with Crippen LogP contribution >= 0.6 is 30.2 Å². The number of phenolic OH excluding ortho intramolecular Hbond substituents is 2. The Bertz CT molecular complexity index is 804. The Morgan fingerprint density at radius 3 is 2.31 bits per heavy atom. The molecule has 142 valence electrons. The molecule has 2 aromatic rings. The third-order valence-corrected chi connectivity index (χ3v) is 6.67. The van der Waals surface area contributed by atoms with Gasteiger partial charge in [-0.05, 0) is 79.3 Å². The molecule has 0 aliphatic carbocycles. The second-order valence-electron chi connectivity index (χ2n) is 5.62. The summed E-state index contributed by atoms with van der Waals surface area (Å²) >= 11 is 2.22. The Morgan fingerprint density at radius 2 is 1.77 bits per heavy atom. The molecule has 1 unspecified atom stereocenters. The number of halogens is 1. The summed E-state index contributed by atoms with van der Waals surface area (Å²) in [6.45, 7) is 5.79. The van der Waals surface area contributed by atoms with E-state index in [-0.39, 0.29) is 24.7 Å². The molecule has 0 saturated heterocycles. The first-order valence-electron chi connectivity index (χ1n) is 8.24. The molecule has 0 heterocycles. The van der Waals surface area contributed by atoms with Gasteiger partial charge in [-0.2, -0.15) is 0 Å². The first kappa shape index (κ1) is 21.0. The molecule has 8 heteroatoms. The van der Waals surface area contributed by atoms with Crippen molar-refractivity contribution in [3.8, 4) is 11.5 Å². The van der Waals surface area contributed by atoms with Gasteiger partial charge in [-0.1, -0.05) is 0 Å². The van der Waals surface area contributed by atoms with Crippen LogP contribution < -0.4 is 5.32 Å². The van der Waals surface area contributed by atoms with Gasteiger partial charge in [-0.25, -0.2) is 0 Å². The van der Waals surface area contributed by atoms with Crippen LogP contribution in [0.4, 0.5) is 5.69 Å². The Kier molecular flexibility index (Phi) is 7.34. The van der Waals surface area contributed by atoms with Crippen LogP contribution in [0.1, 0.15) is 30.8 Å². The SMILES string of the molecule is CCOP(=O)(OCC)C(Nc1ccc(I)cc1C)c1ccc(O)cc1O. The number of hydrogen-bond acceptors (Lipinski definition) is 6. The predicted octanol–water partition coefficient (Wildman–Crippen LogP) is 5.39. The molecule has 2 rings (SSSR count). The van der Waals surface area contributed by atoms with E-state index in [1.807, 2.05) is 25.1 Å². The molecule has 3 N–H and O–H groups in total. The molecule has 0 radical (unpaired) electrons. The number of hydrogen-bond donors (Lipinski definition) is 3. The number of aromatic hydroxyl groups is 2. The minimum Gasteiger partial charge on any atom is -0.508 e. The zero-order chi connectivity index (χ0) is 19.3. The zero-order valence-electron chi connectivity index (χ0n) is 14.9. The van der Waals surface area contributed by atoms with Crippen molar-refractivity contribution in [1.29, 1.82) is 0 Å². The Labute approximate surface area is 167 Å². The highest BCUT2D eigenvalue weighted by atomic mass is 127. The lowest BCUT2D eigenvalue weighted by Gasteiger charge is -2.29. The van der Waals surface area contributed by atoms with Crippen molar-refractivity contribution in [2.75, 3.05) is 18.5 Å². The molecule has 0 aliphatic heterocycles. The molecule has 0 fully saturated rings. The highest BCUT2D eigenvalue weighted by Crippen LogP contribution is 2.62. The summed E-state index contributed by atoms with van der Waals surface area (Å²) in [6, 6.07) is 9.93. The minimum absolute atomic E-state index is 0.0851. The molecule has 0 saturated carbocycles. The summed E-state index contributed by atoms with van der Waals surface area (Å²) in [6.07, 6.45) is 0. The van der Waals surface area contributed by atoms with Crippen molar-refractivity contribution in [2.45, 2.75) is 26.6 Å². The van der Waals surface area contributed by atoms with Crippen LogP contribution in [0.3, 0.4) is 0 Å². The summed E-state index contributed by atoms with van der Waals surface area (Å²) in [7, 11) is -3.65. The fraction of sp³-hybridized carbons (Fsp3) is 0.333. The van der Waals surface area contributed by atoms with Crippen molar-refractivity contribution in [2.24, 2.45) is 0 Å². The fourth-order valence-corrected chi connectivity index (χ4v) is 5.17. The average Bonchev–Trinajstić information content (AvgIpc) is 2.55. The number of rotatable bonds is 8. The third kappa shape index (κ3) is 4.91. The normalized spacial score (nSPS) is 12.8. The van der Waals surface area contributed by atoms with E-state index in [1.54, 1.807) is 13.8 Å². The van der Waals surface area contributed by atoms with E-state index in [9.17, 15) is 14.8 Å². The molecule has 0 bridgehead atoms.